The van der Waals surface area contributed by atoms with Gasteiger partial charge in [0, 0.05) is 13.0 Å². The van der Waals surface area contributed by atoms with Crippen LogP contribution in [0.15, 0.2) is 51.9 Å². The van der Waals surface area contributed by atoms with Gasteiger partial charge >= 0.3 is 5.97 Å². The third kappa shape index (κ3) is 4.42. The average molecular weight is 486 g/mol. The maximum atomic E-state index is 13.1. The van der Waals surface area contributed by atoms with Crippen LogP contribution in [0.3, 0.4) is 0 Å². The molecule has 1 aromatic heterocycles. The molecular weight excluding hydrogens is 464 g/mol. The maximum absolute atomic E-state index is 13.1. The summed E-state index contributed by atoms with van der Waals surface area (Å²) in [6.45, 7) is 0.951. The van der Waals surface area contributed by atoms with Crippen molar-refractivity contribution < 1.29 is 48.2 Å². The minimum atomic E-state index is -1.58. The lowest BCUT2D eigenvalue weighted by atomic mass is 9.99. The van der Waals surface area contributed by atoms with Gasteiger partial charge in [-0.25, -0.2) is 0 Å². The highest BCUT2D eigenvalue weighted by atomic mass is 16.7. The Bertz CT molecular complexity index is 1300. The molecule has 11 heteroatoms. The van der Waals surface area contributed by atoms with Gasteiger partial charge in [0.15, 0.2) is 11.5 Å². The van der Waals surface area contributed by atoms with E-state index in [1.165, 1.54) is 13.2 Å². The van der Waals surface area contributed by atoms with Crippen molar-refractivity contribution in [2.24, 2.45) is 0 Å². The van der Waals surface area contributed by atoms with Crippen LogP contribution in [0.2, 0.25) is 0 Å². The Kier molecular flexibility index (Phi) is 6.07. The molecule has 35 heavy (non-hydrogen) atoms. The van der Waals surface area contributed by atoms with Crippen molar-refractivity contribution >= 4 is 16.9 Å². The van der Waals surface area contributed by atoms with Gasteiger partial charge in [-0.15, -0.1) is 0 Å². The monoisotopic (exact) mass is 486 g/mol. The van der Waals surface area contributed by atoms with Gasteiger partial charge in [-0.3, -0.25) is 9.59 Å². The van der Waals surface area contributed by atoms with Gasteiger partial charge < -0.3 is 43.4 Å². The zero-order valence-electron chi connectivity index (χ0n) is 18.5. The Hall–Kier alpha value is -3.64. The van der Waals surface area contributed by atoms with Crippen molar-refractivity contribution in [1.29, 1.82) is 0 Å². The van der Waals surface area contributed by atoms with Crippen molar-refractivity contribution in [2.75, 3.05) is 13.4 Å². The zero-order chi connectivity index (χ0) is 24.7. The molecule has 0 amide bonds. The Morgan fingerprint density at radius 3 is 2.46 bits per heavy atom. The predicted octanol–water partition coefficient (Wildman–Crippen LogP) is 0.938. The van der Waals surface area contributed by atoms with Gasteiger partial charge in [0.25, 0.3) is 0 Å². The summed E-state index contributed by atoms with van der Waals surface area (Å²) in [5.74, 6) is 0.657. The summed E-state index contributed by atoms with van der Waals surface area (Å²) in [5, 5.41) is 30.8. The fourth-order valence-corrected chi connectivity index (χ4v) is 3.92. The number of rotatable bonds is 5. The first kappa shape index (κ1) is 23.1. The molecule has 0 radical (unpaired) electrons. The van der Waals surface area contributed by atoms with Gasteiger partial charge in [-0.05, 0) is 23.8 Å². The number of hydrogen-bond acceptors (Lipinski definition) is 11. The van der Waals surface area contributed by atoms with E-state index in [2.05, 4.69) is 0 Å². The second-order valence-electron chi connectivity index (χ2n) is 8.14. The maximum Gasteiger partial charge on any atom is 0.302 e. The van der Waals surface area contributed by atoms with Gasteiger partial charge in [0.2, 0.25) is 18.5 Å². The minimum absolute atomic E-state index is 0.0774. The summed E-state index contributed by atoms with van der Waals surface area (Å²) in [4.78, 5) is 24.1. The van der Waals surface area contributed by atoms with Crippen LogP contribution in [-0.2, 0) is 14.3 Å². The molecule has 2 aromatic carbocycles. The van der Waals surface area contributed by atoms with E-state index in [0.29, 0.717) is 33.6 Å². The number of aliphatic hydroxyl groups is 3. The van der Waals surface area contributed by atoms with Crippen LogP contribution in [0.1, 0.15) is 6.92 Å². The van der Waals surface area contributed by atoms with E-state index in [-0.39, 0.29) is 24.6 Å². The number of hydrogen-bond donors (Lipinski definition) is 3. The van der Waals surface area contributed by atoms with Crippen LogP contribution in [0.5, 0.6) is 17.2 Å². The van der Waals surface area contributed by atoms with Crippen LogP contribution >= 0.6 is 0 Å². The molecule has 184 valence electrons. The number of ether oxygens (including phenoxy) is 5. The van der Waals surface area contributed by atoms with Crippen molar-refractivity contribution in [3.63, 3.8) is 0 Å². The first-order valence-corrected chi connectivity index (χ1v) is 10.8. The number of aliphatic hydroxyl groups excluding tert-OH is 3. The molecule has 5 atom stereocenters. The molecule has 5 rings (SSSR count). The summed E-state index contributed by atoms with van der Waals surface area (Å²) in [6, 6.07) is 9.53. The van der Waals surface area contributed by atoms with E-state index >= 15 is 0 Å². The number of benzene rings is 2. The number of fused-ring (bicyclic) bond motifs is 2. The first-order valence-electron chi connectivity index (χ1n) is 10.8. The normalized spacial score (nSPS) is 25.4. The molecule has 1 fully saturated rings. The minimum Gasteiger partial charge on any atom is -0.463 e. The van der Waals surface area contributed by atoms with Crippen LogP contribution in [-0.4, -0.2) is 65.4 Å². The molecule has 2 aliphatic rings. The fraction of sp³-hybridized carbons (Fsp3) is 0.333. The Labute approximate surface area is 198 Å². The molecule has 0 spiro atoms. The molecule has 0 unspecified atom stereocenters. The lowest BCUT2D eigenvalue weighted by Crippen LogP contribution is -2.60. The Balaban J connectivity index is 1.35. The van der Waals surface area contributed by atoms with Crippen LogP contribution in [0, 0.1) is 0 Å². The highest BCUT2D eigenvalue weighted by molar-refractivity contribution is 5.85. The third-order valence-corrected chi connectivity index (χ3v) is 5.80. The first-order chi connectivity index (χ1) is 16.8. The zero-order valence-corrected chi connectivity index (χ0v) is 18.5. The van der Waals surface area contributed by atoms with Crippen LogP contribution in [0.25, 0.3) is 22.1 Å². The molecule has 0 saturated carbocycles. The smallest absolute Gasteiger partial charge is 0.302 e. The summed E-state index contributed by atoms with van der Waals surface area (Å²) < 4.78 is 32.3. The van der Waals surface area contributed by atoms with Crippen LogP contribution < -0.4 is 19.6 Å². The van der Waals surface area contributed by atoms with Crippen molar-refractivity contribution in [1.82, 2.24) is 0 Å². The summed E-state index contributed by atoms with van der Waals surface area (Å²) in [7, 11) is 0. The van der Waals surface area contributed by atoms with Crippen molar-refractivity contribution in [3.05, 3.63) is 52.9 Å². The predicted molar refractivity (Wildman–Crippen MR) is 118 cm³/mol. The highest BCUT2D eigenvalue weighted by Gasteiger charge is 2.45. The molecule has 11 nitrogen and oxygen atoms in total. The van der Waals surface area contributed by atoms with Crippen molar-refractivity contribution in [3.8, 4) is 28.4 Å². The van der Waals surface area contributed by atoms with E-state index in [9.17, 15) is 24.9 Å². The third-order valence-electron chi connectivity index (χ3n) is 5.80. The van der Waals surface area contributed by atoms with Crippen LogP contribution in [0.4, 0.5) is 0 Å². The fourth-order valence-electron chi connectivity index (χ4n) is 3.92. The molecule has 3 heterocycles. The molecule has 2 aliphatic heterocycles. The molecular formula is C24H22O11. The molecule has 0 aliphatic carbocycles. The average Bonchev–Trinajstić information content (AvgIpc) is 3.31. The number of esters is 1. The molecule has 3 N–H and O–H groups in total. The standard InChI is InChI=1S/C24H22O11/c1-11(25)30-9-19-21(27)22(28)23(29)24(35-19)34-13-4-2-12(3-5-13)15-8-31-16-7-18-17(32-10-33-18)6-14(16)20(15)26/h2-8,19,21-24,27-29H,9-10H2,1H3/t19-,21-,22+,23-,24-/m1/s1. The van der Waals surface area contributed by atoms with E-state index in [0.717, 1.165) is 0 Å². The van der Waals surface area contributed by atoms with Gasteiger partial charge in [0.1, 0.15) is 48.6 Å². The van der Waals surface area contributed by atoms with E-state index in [4.69, 9.17) is 28.1 Å². The summed E-state index contributed by atoms with van der Waals surface area (Å²) in [5.41, 5.74) is 0.987. The van der Waals surface area contributed by atoms with E-state index in [1.807, 2.05) is 0 Å². The lowest BCUT2D eigenvalue weighted by Gasteiger charge is -2.39. The second-order valence-corrected chi connectivity index (χ2v) is 8.14. The van der Waals surface area contributed by atoms with Gasteiger partial charge in [-0.1, -0.05) is 12.1 Å². The number of carbonyl (C=O) groups is 1. The largest absolute Gasteiger partial charge is 0.463 e. The van der Waals surface area contributed by atoms with Gasteiger partial charge in [0.05, 0.1) is 10.9 Å². The summed E-state index contributed by atoms with van der Waals surface area (Å²) >= 11 is 0. The Morgan fingerprint density at radius 1 is 1.03 bits per heavy atom. The molecule has 1 saturated heterocycles. The second kappa shape index (κ2) is 9.19. The highest BCUT2D eigenvalue weighted by Crippen LogP contribution is 2.36. The SMILES string of the molecule is CC(=O)OC[C@H]1O[C@@H](Oc2ccc(-c3coc4cc5c(cc4c3=O)OCO5)cc2)[C@H](O)[C@@H](O)[C@@H]1O. The van der Waals surface area contributed by atoms with E-state index in [1.54, 1.807) is 36.4 Å². The van der Waals surface area contributed by atoms with Crippen molar-refractivity contribution in [2.45, 2.75) is 37.6 Å². The van der Waals surface area contributed by atoms with Gasteiger partial charge in [-0.2, -0.15) is 0 Å². The summed E-state index contributed by atoms with van der Waals surface area (Å²) in [6.07, 6.45) is -5.69. The Morgan fingerprint density at radius 2 is 1.74 bits per heavy atom. The van der Waals surface area contributed by atoms with E-state index < -0.39 is 36.7 Å². The molecule has 0 bridgehead atoms. The lowest BCUT2D eigenvalue weighted by molar-refractivity contribution is -0.278. The number of carbonyl (C=O) groups excluding carboxylic acids is 1. The quantitative estimate of drug-likeness (QED) is 0.441. The topological polar surface area (TPSA) is 154 Å². The molecule has 3 aromatic rings.